The fourth-order valence-electron chi connectivity index (χ4n) is 2.80. The molecular weight excluding hydrogens is 286 g/mol. The minimum atomic E-state index is -0.598. The second-order valence-electron chi connectivity index (χ2n) is 5.92. The van der Waals surface area contributed by atoms with E-state index in [4.69, 9.17) is 9.15 Å². The molecule has 3 N–H and O–H groups in total. The molecule has 7 nitrogen and oxygen atoms in total. The van der Waals surface area contributed by atoms with E-state index in [-0.39, 0.29) is 18.6 Å². The Morgan fingerprint density at radius 2 is 2.45 bits per heavy atom. The summed E-state index contributed by atoms with van der Waals surface area (Å²) in [6, 6.07) is 3.62. The minimum absolute atomic E-state index is 0.0821. The Hall–Kier alpha value is -1.83. The molecule has 2 aromatic rings. The van der Waals surface area contributed by atoms with Crippen LogP contribution in [0.25, 0.3) is 11.1 Å². The van der Waals surface area contributed by atoms with Gasteiger partial charge in [-0.15, -0.1) is 0 Å². The molecule has 3 heterocycles. The molecule has 0 spiro atoms. The van der Waals surface area contributed by atoms with Crippen molar-refractivity contribution < 1.29 is 19.1 Å². The quantitative estimate of drug-likeness (QED) is 0.768. The van der Waals surface area contributed by atoms with Crippen molar-refractivity contribution in [3.63, 3.8) is 0 Å². The second-order valence-corrected chi connectivity index (χ2v) is 5.92. The van der Waals surface area contributed by atoms with Gasteiger partial charge in [-0.1, -0.05) is 0 Å². The van der Waals surface area contributed by atoms with E-state index in [1.54, 1.807) is 18.4 Å². The van der Waals surface area contributed by atoms with Crippen LogP contribution in [0.1, 0.15) is 17.4 Å². The zero-order chi connectivity index (χ0) is 15.7. The monoisotopic (exact) mass is 307 g/mol. The number of likely N-dealkylation sites (N-methyl/N-ethyl adjacent to an activating group) is 1. The van der Waals surface area contributed by atoms with Crippen LogP contribution in [0.2, 0.25) is 0 Å². The largest absolute Gasteiger partial charge is 0.463 e. The molecule has 0 unspecified atom stereocenters. The first-order chi connectivity index (χ1) is 10.6. The number of carbonyl (C=O) groups is 1. The number of fused-ring (bicyclic) bond motifs is 1. The number of nitrogens with one attached hydrogen (secondary N) is 2. The Labute approximate surface area is 128 Å². The summed E-state index contributed by atoms with van der Waals surface area (Å²) in [5, 5.41) is 12.7. The summed E-state index contributed by atoms with van der Waals surface area (Å²) in [7, 11) is 1.94. The highest BCUT2D eigenvalue weighted by Gasteiger charge is 2.40. The SMILES string of the molecule is C[C@@H]1COC[C@@](CO)(CNC(=O)c2cc3occc3[nH]2)N1C. The standard InChI is InChI=1S/C15H21N3O4/c1-10-6-21-9-15(8-19,18(10)2)7-16-14(20)12-5-13-11(17-12)3-4-22-13/h3-5,10,17,19H,6-9H2,1-2H3,(H,16,20)/t10-,15+/m1/s1. The molecule has 7 heteroatoms. The molecule has 2 aromatic heterocycles. The number of amides is 1. The van der Waals surface area contributed by atoms with E-state index in [2.05, 4.69) is 15.2 Å². The molecule has 1 aliphatic rings. The maximum absolute atomic E-state index is 12.3. The number of H-pyrrole nitrogens is 1. The third-order valence-corrected chi connectivity index (χ3v) is 4.50. The Balaban J connectivity index is 1.69. The van der Waals surface area contributed by atoms with E-state index in [9.17, 15) is 9.90 Å². The molecule has 0 aliphatic carbocycles. The van der Waals surface area contributed by atoms with Gasteiger partial charge < -0.3 is 24.6 Å². The molecular formula is C15H21N3O4. The molecule has 1 amide bonds. The van der Waals surface area contributed by atoms with Crippen LogP contribution in [0.4, 0.5) is 0 Å². The number of aromatic nitrogens is 1. The van der Waals surface area contributed by atoms with Gasteiger partial charge in [-0.25, -0.2) is 0 Å². The molecule has 1 saturated heterocycles. The molecule has 2 atom stereocenters. The number of morpholine rings is 1. The van der Waals surface area contributed by atoms with Crippen LogP contribution in [-0.2, 0) is 4.74 Å². The van der Waals surface area contributed by atoms with Gasteiger partial charge in [-0.2, -0.15) is 0 Å². The van der Waals surface area contributed by atoms with Crippen LogP contribution >= 0.6 is 0 Å². The van der Waals surface area contributed by atoms with Crippen molar-refractivity contribution in [3.05, 3.63) is 24.1 Å². The van der Waals surface area contributed by atoms with Crippen molar-refractivity contribution in [2.75, 3.05) is 33.4 Å². The van der Waals surface area contributed by atoms with Crippen molar-refractivity contribution in [1.82, 2.24) is 15.2 Å². The number of carbonyl (C=O) groups excluding carboxylic acids is 1. The molecule has 22 heavy (non-hydrogen) atoms. The number of aliphatic hydroxyl groups excluding tert-OH is 1. The molecule has 0 bridgehead atoms. The van der Waals surface area contributed by atoms with Gasteiger partial charge in [0.15, 0.2) is 5.58 Å². The summed E-state index contributed by atoms with van der Waals surface area (Å²) in [6.07, 6.45) is 1.57. The topological polar surface area (TPSA) is 90.7 Å². The number of ether oxygens (including phenoxy) is 1. The van der Waals surface area contributed by atoms with Gasteiger partial charge >= 0.3 is 0 Å². The summed E-state index contributed by atoms with van der Waals surface area (Å²) in [5.74, 6) is -0.231. The van der Waals surface area contributed by atoms with Gasteiger partial charge in [0, 0.05) is 24.7 Å². The fourth-order valence-corrected chi connectivity index (χ4v) is 2.80. The van der Waals surface area contributed by atoms with Crippen LogP contribution < -0.4 is 5.32 Å². The van der Waals surface area contributed by atoms with Gasteiger partial charge in [-0.05, 0) is 14.0 Å². The van der Waals surface area contributed by atoms with Crippen molar-refractivity contribution in [3.8, 4) is 0 Å². The number of furan rings is 1. The second kappa shape index (κ2) is 5.75. The van der Waals surface area contributed by atoms with Crippen LogP contribution in [0.3, 0.4) is 0 Å². The maximum Gasteiger partial charge on any atom is 0.267 e. The summed E-state index contributed by atoms with van der Waals surface area (Å²) in [6.45, 7) is 3.27. The van der Waals surface area contributed by atoms with E-state index >= 15 is 0 Å². The highest BCUT2D eigenvalue weighted by Crippen LogP contribution is 2.22. The molecule has 1 aliphatic heterocycles. The number of nitrogens with zero attached hydrogens (tertiary/aromatic N) is 1. The highest BCUT2D eigenvalue weighted by molar-refractivity contribution is 5.96. The fraction of sp³-hybridized carbons (Fsp3) is 0.533. The average Bonchev–Trinajstić information content (AvgIpc) is 3.10. The summed E-state index contributed by atoms with van der Waals surface area (Å²) in [5.41, 5.74) is 1.27. The lowest BCUT2D eigenvalue weighted by molar-refractivity contribution is -0.105. The van der Waals surface area contributed by atoms with Crippen LogP contribution in [0, 0.1) is 0 Å². The number of rotatable bonds is 4. The van der Waals surface area contributed by atoms with E-state index in [0.717, 1.165) is 5.52 Å². The minimum Gasteiger partial charge on any atom is -0.463 e. The zero-order valence-corrected chi connectivity index (χ0v) is 12.8. The van der Waals surface area contributed by atoms with E-state index in [1.165, 1.54) is 0 Å². The molecule has 0 aromatic carbocycles. The van der Waals surface area contributed by atoms with Gasteiger partial charge in [0.05, 0.1) is 37.1 Å². The van der Waals surface area contributed by atoms with Crippen molar-refractivity contribution in [2.45, 2.75) is 18.5 Å². The summed E-state index contributed by atoms with van der Waals surface area (Å²) in [4.78, 5) is 17.3. The van der Waals surface area contributed by atoms with E-state index in [0.29, 0.717) is 31.0 Å². The molecule has 1 fully saturated rings. The normalized spacial score (nSPS) is 26.4. The summed E-state index contributed by atoms with van der Waals surface area (Å²) >= 11 is 0. The first kappa shape index (κ1) is 15.1. The predicted octanol–water partition coefficient (Wildman–Crippen LogP) is 0.572. The van der Waals surface area contributed by atoms with E-state index < -0.39 is 5.54 Å². The lowest BCUT2D eigenvalue weighted by Crippen LogP contribution is -2.65. The molecule has 0 radical (unpaired) electrons. The van der Waals surface area contributed by atoms with Crippen LogP contribution in [0.15, 0.2) is 22.8 Å². The lowest BCUT2D eigenvalue weighted by atomic mass is 9.96. The zero-order valence-electron chi connectivity index (χ0n) is 12.8. The predicted molar refractivity (Wildman–Crippen MR) is 80.8 cm³/mol. The molecule has 3 rings (SSSR count). The first-order valence-corrected chi connectivity index (χ1v) is 7.32. The van der Waals surface area contributed by atoms with Crippen LogP contribution in [0.5, 0.6) is 0 Å². The Kier molecular flexibility index (Phi) is 3.94. The van der Waals surface area contributed by atoms with E-state index in [1.807, 2.05) is 14.0 Å². The Morgan fingerprint density at radius 1 is 1.64 bits per heavy atom. The molecule has 120 valence electrons. The smallest absolute Gasteiger partial charge is 0.267 e. The van der Waals surface area contributed by atoms with Gasteiger partial charge in [0.25, 0.3) is 5.91 Å². The van der Waals surface area contributed by atoms with Crippen LogP contribution in [-0.4, -0.2) is 65.9 Å². The van der Waals surface area contributed by atoms with Crippen molar-refractivity contribution in [1.29, 1.82) is 0 Å². The summed E-state index contributed by atoms with van der Waals surface area (Å²) < 4.78 is 10.8. The Morgan fingerprint density at radius 3 is 3.18 bits per heavy atom. The molecule has 0 saturated carbocycles. The van der Waals surface area contributed by atoms with Crippen molar-refractivity contribution >= 4 is 17.0 Å². The lowest BCUT2D eigenvalue weighted by Gasteiger charge is -2.47. The average molecular weight is 307 g/mol. The third-order valence-electron chi connectivity index (χ3n) is 4.50. The maximum atomic E-state index is 12.3. The van der Waals surface area contributed by atoms with Crippen molar-refractivity contribution in [2.24, 2.45) is 0 Å². The van der Waals surface area contributed by atoms with Gasteiger partial charge in [0.1, 0.15) is 5.69 Å². The van der Waals surface area contributed by atoms with Gasteiger partial charge in [-0.3, -0.25) is 9.69 Å². The number of hydrogen-bond donors (Lipinski definition) is 3. The number of aliphatic hydroxyl groups is 1. The third kappa shape index (κ3) is 2.51. The van der Waals surface area contributed by atoms with Gasteiger partial charge in [0.2, 0.25) is 0 Å². The highest BCUT2D eigenvalue weighted by atomic mass is 16.5. The number of hydrogen-bond acceptors (Lipinski definition) is 5. The Bertz CT molecular complexity index is 636. The number of aromatic amines is 1. The first-order valence-electron chi connectivity index (χ1n) is 7.32.